The van der Waals surface area contributed by atoms with Gasteiger partial charge in [0.05, 0.1) is 0 Å². The van der Waals surface area contributed by atoms with Crippen LogP contribution in [-0.4, -0.2) is 11.8 Å². The minimum Gasteiger partial charge on any atom is -0.454 e. The van der Waals surface area contributed by atoms with Crippen molar-refractivity contribution in [2.24, 2.45) is 0 Å². The van der Waals surface area contributed by atoms with Gasteiger partial charge in [-0.25, -0.2) is 4.39 Å². The number of hydrogen-bond donors (Lipinski definition) is 2. The summed E-state index contributed by atoms with van der Waals surface area (Å²) in [6.07, 6.45) is 0. The third kappa shape index (κ3) is 1.83. The summed E-state index contributed by atoms with van der Waals surface area (Å²) in [4.78, 5) is 14.0. The van der Waals surface area contributed by atoms with Crippen LogP contribution in [-0.2, 0) is 0 Å². The minimum absolute atomic E-state index is 0.0635. The predicted molar refractivity (Wildman–Crippen MR) is 72.4 cm³/mol. The summed E-state index contributed by atoms with van der Waals surface area (Å²) in [6.45, 7) is -0.0635. The molecule has 3 N–H and O–H groups in total. The first-order chi connectivity index (χ1) is 10.6. The monoisotopic (exact) mass is 298 g/mol. The van der Waals surface area contributed by atoms with Crippen LogP contribution in [0.25, 0.3) is 11.1 Å². The number of hydrogen-bond acceptors (Lipinski definition) is 6. The van der Waals surface area contributed by atoms with Crippen molar-refractivity contribution in [1.29, 1.82) is 10.5 Å². The summed E-state index contributed by atoms with van der Waals surface area (Å²) in [7, 11) is 0. The smallest absolute Gasteiger partial charge is 0.268 e. The van der Waals surface area contributed by atoms with E-state index in [1.165, 1.54) is 6.07 Å². The second kappa shape index (κ2) is 4.79. The van der Waals surface area contributed by atoms with Crippen molar-refractivity contribution in [2.75, 3.05) is 12.5 Å². The first kappa shape index (κ1) is 13.5. The second-order valence-corrected chi connectivity index (χ2v) is 4.40. The number of nitrogen functional groups attached to an aromatic ring is 1. The Bertz CT molecular complexity index is 937. The molecule has 2 heterocycles. The highest BCUT2D eigenvalue weighted by Gasteiger charge is 2.24. The van der Waals surface area contributed by atoms with Crippen LogP contribution in [0.2, 0.25) is 0 Å². The summed E-state index contributed by atoms with van der Waals surface area (Å²) in [5.74, 6) is -0.542. The van der Waals surface area contributed by atoms with Gasteiger partial charge in [-0.2, -0.15) is 10.5 Å². The van der Waals surface area contributed by atoms with Crippen LogP contribution >= 0.6 is 0 Å². The van der Waals surface area contributed by atoms with E-state index in [1.54, 1.807) is 12.1 Å². The first-order valence-corrected chi connectivity index (χ1v) is 6.02. The van der Waals surface area contributed by atoms with Crippen molar-refractivity contribution in [1.82, 2.24) is 4.98 Å². The number of nitriles is 2. The Morgan fingerprint density at radius 3 is 2.45 bits per heavy atom. The number of fused-ring (bicyclic) bond motifs is 1. The number of H-pyrrole nitrogens is 1. The Morgan fingerprint density at radius 2 is 1.82 bits per heavy atom. The maximum Gasteiger partial charge on any atom is 0.268 e. The molecule has 0 radical (unpaired) electrons. The van der Waals surface area contributed by atoms with E-state index in [0.717, 1.165) is 6.07 Å². The van der Waals surface area contributed by atoms with Crippen molar-refractivity contribution < 1.29 is 13.9 Å². The Morgan fingerprint density at radius 1 is 1.18 bits per heavy atom. The summed E-state index contributed by atoms with van der Waals surface area (Å²) in [5.41, 5.74) is 3.91. The lowest BCUT2D eigenvalue weighted by atomic mass is 9.96. The number of aromatic nitrogens is 1. The van der Waals surface area contributed by atoms with Crippen LogP contribution in [0.1, 0.15) is 11.1 Å². The SMILES string of the molecule is N#Cc1c(N)[nH]c(=O)c(C#N)c1-c1cc2c(cc1F)OCO2. The van der Waals surface area contributed by atoms with Crippen molar-refractivity contribution in [3.05, 3.63) is 39.4 Å². The van der Waals surface area contributed by atoms with E-state index >= 15 is 0 Å². The number of ether oxygens (including phenoxy) is 2. The molecular formula is C14H7FN4O3. The second-order valence-electron chi connectivity index (χ2n) is 4.40. The van der Waals surface area contributed by atoms with Crippen LogP contribution in [0, 0.1) is 28.5 Å². The molecule has 0 saturated carbocycles. The molecule has 3 rings (SSSR count). The van der Waals surface area contributed by atoms with Crippen LogP contribution in [0.15, 0.2) is 16.9 Å². The van der Waals surface area contributed by atoms with Crippen molar-refractivity contribution in [3.63, 3.8) is 0 Å². The Kier molecular flexibility index (Phi) is 2.93. The summed E-state index contributed by atoms with van der Waals surface area (Å²) < 4.78 is 24.5. The van der Waals surface area contributed by atoms with Crippen LogP contribution < -0.4 is 20.8 Å². The summed E-state index contributed by atoms with van der Waals surface area (Å²) in [5, 5.41) is 18.4. The lowest BCUT2D eigenvalue weighted by Gasteiger charge is -2.10. The molecule has 0 fully saturated rings. The molecule has 0 unspecified atom stereocenters. The number of nitrogens with zero attached hydrogens (tertiary/aromatic N) is 2. The number of nitrogens with one attached hydrogen (secondary N) is 1. The molecule has 0 bridgehead atoms. The minimum atomic E-state index is -0.800. The average molecular weight is 298 g/mol. The largest absolute Gasteiger partial charge is 0.454 e. The topological polar surface area (TPSA) is 125 Å². The standard InChI is InChI=1S/C14H7FN4O3/c15-9-2-11-10(21-5-22-11)1-6(9)12-7(3-16)13(18)19-14(20)8(12)4-17/h1-2H,5H2,(H3,18,19,20). The molecule has 22 heavy (non-hydrogen) atoms. The van der Waals surface area contributed by atoms with Gasteiger partial charge >= 0.3 is 0 Å². The van der Waals surface area contributed by atoms with Gasteiger partial charge in [0.15, 0.2) is 11.5 Å². The van der Waals surface area contributed by atoms with Gasteiger partial charge in [-0.15, -0.1) is 0 Å². The van der Waals surface area contributed by atoms with E-state index in [2.05, 4.69) is 4.98 Å². The maximum absolute atomic E-state index is 14.3. The van der Waals surface area contributed by atoms with Crippen LogP contribution in [0.3, 0.4) is 0 Å². The van der Waals surface area contributed by atoms with Gasteiger partial charge in [-0.1, -0.05) is 0 Å². The van der Waals surface area contributed by atoms with Gasteiger partial charge in [0.2, 0.25) is 6.79 Å². The van der Waals surface area contributed by atoms with Crippen LogP contribution in [0.5, 0.6) is 11.5 Å². The van der Waals surface area contributed by atoms with E-state index in [0.29, 0.717) is 0 Å². The molecule has 2 aromatic rings. The summed E-state index contributed by atoms with van der Waals surface area (Å²) in [6, 6.07) is 5.78. The van der Waals surface area contributed by atoms with E-state index in [-0.39, 0.29) is 40.8 Å². The molecule has 8 heteroatoms. The molecule has 0 aliphatic carbocycles. The molecule has 0 saturated heterocycles. The molecule has 0 spiro atoms. The number of anilines is 1. The molecule has 1 aromatic carbocycles. The van der Waals surface area contributed by atoms with Crippen LogP contribution in [0.4, 0.5) is 10.2 Å². The fourth-order valence-electron chi connectivity index (χ4n) is 2.22. The number of benzene rings is 1. The number of rotatable bonds is 1. The fourth-order valence-corrected chi connectivity index (χ4v) is 2.22. The first-order valence-electron chi connectivity index (χ1n) is 6.02. The normalized spacial score (nSPS) is 11.8. The molecule has 1 aliphatic rings. The highest BCUT2D eigenvalue weighted by molar-refractivity contribution is 5.81. The fraction of sp³-hybridized carbons (Fsp3) is 0.0714. The van der Waals surface area contributed by atoms with E-state index in [9.17, 15) is 14.4 Å². The maximum atomic E-state index is 14.3. The number of nitrogens with two attached hydrogens (primary N) is 1. The van der Waals surface area contributed by atoms with Gasteiger partial charge in [-0.05, 0) is 6.07 Å². The Balaban J connectivity index is 2.41. The highest BCUT2D eigenvalue weighted by Crippen LogP contribution is 2.39. The molecule has 0 atom stereocenters. The lowest BCUT2D eigenvalue weighted by molar-refractivity contribution is 0.174. The van der Waals surface area contributed by atoms with Gasteiger partial charge in [0, 0.05) is 17.2 Å². The van der Waals surface area contributed by atoms with Crippen molar-refractivity contribution >= 4 is 5.82 Å². The molecule has 1 aromatic heterocycles. The highest BCUT2D eigenvalue weighted by atomic mass is 19.1. The van der Waals surface area contributed by atoms with E-state index < -0.39 is 16.9 Å². The quantitative estimate of drug-likeness (QED) is 0.815. The average Bonchev–Trinajstić information content (AvgIpc) is 2.92. The Labute approximate surface area is 122 Å². The van der Waals surface area contributed by atoms with Gasteiger partial charge in [0.25, 0.3) is 5.56 Å². The van der Waals surface area contributed by atoms with Gasteiger partial charge < -0.3 is 20.2 Å². The molecule has 108 valence electrons. The molecular weight excluding hydrogens is 291 g/mol. The number of halogens is 1. The third-order valence-electron chi connectivity index (χ3n) is 3.20. The lowest BCUT2D eigenvalue weighted by Crippen LogP contribution is -2.16. The predicted octanol–water partition coefficient (Wildman–Crippen LogP) is 1.24. The summed E-state index contributed by atoms with van der Waals surface area (Å²) >= 11 is 0. The molecule has 0 amide bonds. The Hall–Kier alpha value is -3.52. The zero-order chi connectivity index (χ0) is 15.9. The van der Waals surface area contributed by atoms with Crippen molar-refractivity contribution in [2.45, 2.75) is 0 Å². The number of aromatic amines is 1. The third-order valence-corrected chi connectivity index (χ3v) is 3.20. The number of pyridine rings is 1. The van der Waals surface area contributed by atoms with E-state index in [1.807, 2.05) is 0 Å². The van der Waals surface area contributed by atoms with Gasteiger partial charge in [-0.3, -0.25) is 4.79 Å². The zero-order valence-corrected chi connectivity index (χ0v) is 10.9. The van der Waals surface area contributed by atoms with Gasteiger partial charge in [0.1, 0.15) is 34.9 Å². The van der Waals surface area contributed by atoms with E-state index in [4.69, 9.17) is 20.5 Å². The van der Waals surface area contributed by atoms with Crippen molar-refractivity contribution in [3.8, 4) is 34.8 Å². The zero-order valence-electron chi connectivity index (χ0n) is 10.9. The molecule has 7 nitrogen and oxygen atoms in total. The molecule has 1 aliphatic heterocycles.